The summed E-state index contributed by atoms with van der Waals surface area (Å²) in [7, 11) is 1.59. The van der Waals surface area contributed by atoms with Gasteiger partial charge < -0.3 is 46.9 Å². The van der Waals surface area contributed by atoms with Crippen LogP contribution in [0.15, 0.2) is 76.8 Å². The molecule has 3 atom stereocenters. The summed E-state index contributed by atoms with van der Waals surface area (Å²) in [5, 5.41) is 11.1. The second-order valence-electron chi connectivity index (χ2n) is 12.9. The lowest BCUT2D eigenvalue weighted by Gasteiger charge is -2.31. The van der Waals surface area contributed by atoms with Gasteiger partial charge in [0.1, 0.15) is 22.9 Å². The molecule has 2 aromatic heterocycles. The van der Waals surface area contributed by atoms with Crippen molar-refractivity contribution in [3.8, 4) is 0 Å². The number of carbonyl (C=O) groups is 3. The van der Waals surface area contributed by atoms with Gasteiger partial charge in [0.15, 0.2) is 0 Å². The predicted octanol–water partition coefficient (Wildman–Crippen LogP) is 1.89. The van der Waals surface area contributed by atoms with Gasteiger partial charge in [-0.05, 0) is 48.7 Å². The van der Waals surface area contributed by atoms with Crippen LogP contribution in [0.3, 0.4) is 0 Å². The number of carbonyl (C=O) groups excluding carboxylic acids is 3. The minimum atomic E-state index is -1.04. The molecule has 1 saturated heterocycles. The van der Waals surface area contributed by atoms with Crippen LogP contribution in [0.25, 0.3) is 10.9 Å². The Morgan fingerprint density at radius 3 is 2.51 bits per heavy atom. The summed E-state index contributed by atoms with van der Waals surface area (Å²) in [5.74, 6) is -0.300. The molecule has 51 heavy (non-hydrogen) atoms. The van der Waals surface area contributed by atoms with Gasteiger partial charge in [-0.25, -0.2) is 4.98 Å². The zero-order valence-corrected chi connectivity index (χ0v) is 29.7. The Kier molecular flexibility index (Phi) is 12.2. The van der Waals surface area contributed by atoms with E-state index < -0.39 is 24.0 Å². The number of aromatic nitrogens is 2. The van der Waals surface area contributed by atoms with E-state index in [4.69, 9.17) is 21.2 Å². The first kappa shape index (κ1) is 36.3. The number of benzene rings is 2. The Hall–Kier alpha value is -4.47. The minimum Gasteiger partial charge on any atom is -0.378 e. The quantitative estimate of drug-likeness (QED) is 0.165. The zero-order valence-electron chi connectivity index (χ0n) is 28.9. The number of likely N-dealkylation sites (N-methyl/N-ethyl adjacent to an activating group) is 1. The molecule has 0 radical (unpaired) electrons. The summed E-state index contributed by atoms with van der Waals surface area (Å²) < 4.78 is 5.58. The number of para-hydroxylation sites is 1. The summed E-state index contributed by atoms with van der Waals surface area (Å²) in [5.41, 5.74) is 15.6. The van der Waals surface area contributed by atoms with Crippen LogP contribution in [0.1, 0.15) is 29.5 Å². The first-order chi connectivity index (χ1) is 24.9. The highest BCUT2D eigenvalue weighted by Crippen LogP contribution is 2.33. The lowest BCUT2D eigenvalue weighted by Crippen LogP contribution is -2.59. The molecule has 0 aliphatic carbocycles. The van der Waals surface area contributed by atoms with Crippen LogP contribution in [-0.4, -0.2) is 97.2 Å². The summed E-state index contributed by atoms with van der Waals surface area (Å²) >= 11 is 1.52. The molecule has 2 aromatic carbocycles. The van der Waals surface area contributed by atoms with Crippen molar-refractivity contribution in [2.75, 3.05) is 51.3 Å². The van der Waals surface area contributed by atoms with Crippen molar-refractivity contribution in [1.82, 2.24) is 30.8 Å². The molecule has 8 N–H and O–H groups in total. The molecule has 0 bridgehead atoms. The van der Waals surface area contributed by atoms with Gasteiger partial charge >= 0.3 is 0 Å². The number of anilines is 1. The van der Waals surface area contributed by atoms with Crippen molar-refractivity contribution in [3.05, 3.63) is 83.6 Å². The molecule has 4 heterocycles. The zero-order chi connectivity index (χ0) is 35.7. The molecule has 4 aromatic rings. The number of pyridine rings is 1. The van der Waals surface area contributed by atoms with Crippen molar-refractivity contribution < 1.29 is 19.1 Å². The number of amides is 3. The molecule has 13 nitrogen and oxygen atoms in total. The van der Waals surface area contributed by atoms with Crippen LogP contribution >= 0.6 is 11.8 Å². The van der Waals surface area contributed by atoms with Crippen LogP contribution in [0.4, 0.5) is 5.82 Å². The predicted molar refractivity (Wildman–Crippen MR) is 198 cm³/mol. The fourth-order valence-corrected chi connectivity index (χ4v) is 7.53. The van der Waals surface area contributed by atoms with Crippen molar-refractivity contribution in [2.24, 2.45) is 11.5 Å². The Morgan fingerprint density at radius 1 is 0.922 bits per heavy atom. The number of H-pyrrole nitrogens is 1. The monoisotopic (exact) mass is 713 g/mol. The number of aromatic amines is 1. The Labute approximate surface area is 302 Å². The Bertz CT molecular complexity index is 1830. The maximum Gasteiger partial charge on any atom is 0.246 e. The van der Waals surface area contributed by atoms with Gasteiger partial charge in [0, 0.05) is 73.8 Å². The van der Waals surface area contributed by atoms with Gasteiger partial charge in [-0.3, -0.25) is 14.4 Å². The van der Waals surface area contributed by atoms with Crippen molar-refractivity contribution in [3.63, 3.8) is 0 Å². The number of nitrogens with zero attached hydrogens (tertiary/aromatic N) is 3. The molecule has 1 fully saturated rings. The van der Waals surface area contributed by atoms with E-state index in [0.29, 0.717) is 39.1 Å². The van der Waals surface area contributed by atoms with E-state index >= 15 is 0 Å². The van der Waals surface area contributed by atoms with E-state index in [9.17, 15) is 14.4 Å². The molecule has 2 aliphatic rings. The highest BCUT2D eigenvalue weighted by molar-refractivity contribution is 7.99. The first-order valence-electron chi connectivity index (χ1n) is 17.5. The average Bonchev–Trinajstić information content (AvgIpc) is 3.58. The molecular weight excluding hydrogens is 667 g/mol. The minimum absolute atomic E-state index is 0.135. The number of hydrogen-bond acceptors (Lipinski definition) is 10. The van der Waals surface area contributed by atoms with Crippen molar-refractivity contribution >= 4 is 46.2 Å². The van der Waals surface area contributed by atoms with Crippen LogP contribution in [0.2, 0.25) is 0 Å². The van der Waals surface area contributed by atoms with E-state index in [-0.39, 0.29) is 31.3 Å². The summed E-state index contributed by atoms with van der Waals surface area (Å²) in [6, 6.07) is 17.3. The summed E-state index contributed by atoms with van der Waals surface area (Å²) in [6.07, 6.45) is 3.19. The lowest BCUT2D eigenvalue weighted by atomic mass is 10.0. The van der Waals surface area contributed by atoms with E-state index in [0.717, 1.165) is 56.4 Å². The van der Waals surface area contributed by atoms with Gasteiger partial charge in [0.05, 0.1) is 19.3 Å². The summed E-state index contributed by atoms with van der Waals surface area (Å²) in [6.45, 7) is 3.61. The lowest BCUT2D eigenvalue weighted by molar-refractivity contribution is -0.141. The smallest absolute Gasteiger partial charge is 0.246 e. The fourth-order valence-electron chi connectivity index (χ4n) is 6.49. The van der Waals surface area contributed by atoms with E-state index in [2.05, 4.69) is 25.8 Å². The highest BCUT2D eigenvalue weighted by Gasteiger charge is 2.34. The van der Waals surface area contributed by atoms with Crippen LogP contribution in [0.5, 0.6) is 0 Å². The average molecular weight is 714 g/mol. The van der Waals surface area contributed by atoms with Gasteiger partial charge in [0.2, 0.25) is 17.7 Å². The molecule has 14 heteroatoms. The number of ether oxygens (including phenoxy) is 1. The largest absolute Gasteiger partial charge is 0.378 e. The van der Waals surface area contributed by atoms with Crippen LogP contribution in [0, 0.1) is 0 Å². The van der Waals surface area contributed by atoms with E-state index in [1.807, 2.05) is 66.9 Å². The molecule has 0 unspecified atom stereocenters. The van der Waals surface area contributed by atoms with Gasteiger partial charge in [-0.1, -0.05) is 54.2 Å². The summed E-state index contributed by atoms with van der Waals surface area (Å²) in [4.78, 5) is 55.0. The highest BCUT2D eigenvalue weighted by atomic mass is 32.2. The number of morpholine rings is 1. The van der Waals surface area contributed by atoms with Crippen molar-refractivity contribution in [2.45, 2.75) is 60.4 Å². The van der Waals surface area contributed by atoms with Crippen molar-refractivity contribution in [1.29, 1.82) is 0 Å². The molecular formula is C37H47N9O4S. The molecule has 6 rings (SSSR count). The third kappa shape index (κ3) is 8.71. The second kappa shape index (κ2) is 17.2. The molecule has 270 valence electrons. The van der Waals surface area contributed by atoms with Crippen LogP contribution in [-0.2, 0) is 38.6 Å². The molecule has 0 saturated carbocycles. The maximum absolute atomic E-state index is 14.2. The van der Waals surface area contributed by atoms with Gasteiger partial charge in [-0.15, -0.1) is 0 Å². The van der Waals surface area contributed by atoms with E-state index in [1.54, 1.807) is 7.05 Å². The number of nitrogens with one attached hydrogen (secondary N) is 4. The number of fused-ring (bicyclic) bond motifs is 3. The second-order valence-corrected chi connectivity index (χ2v) is 13.9. The molecule has 2 aliphatic heterocycles. The standard InChI is InChI=1S/C37H47N9O4S/c1-45-31(19-26-23-40-28-9-4-3-8-27(26)28)35(48)42-22-25-12-13-33(46-15-17-50-18-16-46)44-36(25)51-32-11-5-2-7-24(32)21-41-29(10-6-14-38)34(47)43-30(20-39)37(45)49/h2-5,7-9,11-13,23,29-31,40-41H,6,10,14-22,38-39H2,1H3,(H,42,48)(H,43,47)/t29-,30-,31-/m0/s1. The SMILES string of the molecule is CN1C(=O)[C@H](CN)NC(=O)[C@H](CCCN)NCc2ccccc2Sc2nc(N3CCOCC3)ccc2CNC(=O)[C@@H]1Cc1c[nH]c2ccccc12. The number of rotatable bonds is 7. The normalized spacial score (nSPS) is 21.1. The molecule has 3 amide bonds. The van der Waals surface area contributed by atoms with Gasteiger partial charge in [-0.2, -0.15) is 0 Å². The van der Waals surface area contributed by atoms with E-state index in [1.165, 1.54) is 16.7 Å². The molecule has 0 spiro atoms. The Morgan fingerprint density at radius 2 is 1.71 bits per heavy atom. The maximum atomic E-state index is 14.2. The Balaban J connectivity index is 1.39. The number of hydrogen-bond donors (Lipinski definition) is 6. The third-order valence-electron chi connectivity index (χ3n) is 9.50. The topological polar surface area (TPSA) is 184 Å². The van der Waals surface area contributed by atoms with Crippen LogP contribution < -0.4 is 32.3 Å². The fraction of sp³-hybridized carbons (Fsp3) is 0.405. The number of nitrogens with two attached hydrogens (primary N) is 2. The third-order valence-corrected chi connectivity index (χ3v) is 10.7. The first-order valence-corrected chi connectivity index (χ1v) is 18.3. The van der Waals surface area contributed by atoms with Gasteiger partial charge in [0.25, 0.3) is 0 Å².